The van der Waals surface area contributed by atoms with Crippen LogP contribution in [-0.4, -0.2) is 6.61 Å². The van der Waals surface area contributed by atoms with Crippen LogP contribution in [0, 0.1) is 6.92 Å². The summed E-state index contributed by atoms with van der Waals surface area (Å²) in [5.41, 5.74) is 8.58. The number of hydrogen-bond donors (Lipinski definition) is 2. The van der Waals surface area contributed by atoms with Crippen molar-refractivity contribution in [2.75, 3.05) is 11.1 Å². The Morgan fingerprint density at radius 3 is 2.58 bits per heavy atom. The molecule has 0 aromatic heterocycles. The molecule has 0 spiro atoms. The molecular weight excluding hydrogens is 250 g/mol. The van der Waals surface area contributed by atoms with Gasteiger partial charge in [0.05, 0.1) is 5.69 Å². The first-order chi connectivity index (χ1) is 9.06. The summed E-state index contributed by atoms with van der Waals surface area (Å²) in [4.78, 5) is 0. The van der Waals surface area contributed by atoms with Crippen molar-refractivity contribution in [3.8, 4) is 5.75 Å². The Hall–Kier alpha value is -2.30. The van der Waals surface area contributed by atoms with Crippen LogP contribution in [0.2, 0.25) is 0 Å². The number of para-hydroxylation sites is 2. The minimum Gasteiger partial charge on any atom is -0.433 e. The van der Waals surface area contributed by atoms with Crippen molar-refractivity contribution in [2.45, 2.75) is 13.5 Å². The summed E-state index contributed by atoms with van der Waals surface area (Å²) >= 11 is 0. The highest BCUT2D eigenvalue weighted by molar-refractivity contribution is 5.69. The molecule has 100 valence electrons. The Bertz CT molecular complexity index is 573. The number of nitrogens with one attached hydrogen (secondary N) is 1. The monoisotopic (exact) mass is 264 g/mol. The highest BCUT2D eigenvalue weighted by Gasteiger charge is 2.09. The average molecular weight is 264 g/mol. The fraction of sp³-hybridized carbons (Fsp3) is 0.143. The summed E-state index contributed by atoms with van der Waals surface area (Å²) in [5.74, 6) is 0.0941. The zero-order valence-corrected chi connectivity index (χ0v) is 10.4. The number of nitrogen functional groups attached to an aromatic ring is 1. The van der Waals surface area contributed by atoms with Crippen LogP contribution in [0.4, 0.5) is 25.8 Å². The molecule has 19 heavy (non-hydrogen) atoms. The number of anilines is 3. The van der Waals surface area contributed by atoms with E-state index < -0.39 is 6.61 Å². The summed E-state index contributed by atoms with van der Waals surface area (Å²) < 4.78 is 29.0. The van der Waals surface area contributed by atoms with Gasteiger partial charge in [-0.2, -0.15) is 8.78 Å². The summed E-state index contributed by atoms with van der Waals surface area (Å²) in [6, 6.07) is 11.9. The van der Waals surface area contributed by atoms with Crippen molar-refractivity contribution >= 4 is 17.1 Å². The largest absolute Gasteiger partial charge is 0.433 e. The van der Waals surface area contributed by atoms with E-state index in [9.17, 15) is 8.78 Å². The molecule has 5 heteroatoms. The molecule has 3 N–H and O–H groups in total. The second-order valence-corrected chi connectivity index (χ2v) is 4.07. The first-order valence-corrected chi connectivity index (χ1v) is 5.73. The summed E-state index contributed by atoms with van der Waals surface area (Å²) in [6.07, 6.45) is 0. The number of halogens is 2. The Labute approximate surface area is 110 Å². The minimum atomic E-state index is -2.86. The lowest BCUT2D eigenvalue weighted by molar-refractivity contribution is -0.0493. The maximum atomic E-state index is 12.3. The molecule has 0 saturated carbocycles. The highest BCUT2D eigenvalue weighted by Crippen LogP contribution is 2.29. The van der Waals surface area contributed by atoms with Gasteiger partial charge in [-0.1, -0.05) is 18.2 Å². The quantitative estimate of drug-likeness (QED) is 0.823. The lowest BCUT2D eigenvalue weighted by atomic mass is 10.2. The van der Waals surface area contributed by atoms with Crippen LogP contribution >= 0.6 is 0 Å². The summed E-state index contributed by atoms with van der Waals surface area (Å²) in [7, 11) is 0. The molecule has 0 unspecified atom stereocenters. The molecule has 0 fully saturated rings. The molecule has 2 aromatic rings. The number of ether oxygens (including phenoxy) is 1. The second kappa shape index (κ2) is 5.56. The smallest absolute Gasteiger partial charge is 0.387 e. The van der Waals surface area contributed by atoms with Gasteiger partial charge in [-0.25, -0.2) is 0 Å². The van der Waals surface area contributed by atoms with Gasteiger partial charge < -0.3 is 15.8 Å². The van der Waals surface area contributed by atoms with E-state index in [1.807, 2.05) is 19.1 Å². The number of hydrogen-bond acceptors (Lipinski definition) is 3. The van der Waals surface area contributed by atoms with Crippen molar-refractivity contribution < 1.29 is 13.5 Å². The Morgan fingerprint density at radius 1 is 1.16 bits per heavy atom. The van der Waals surface area contributed by atoms with Gasteiger partial charge in [0.15, 0.2) is 0 Å². The van der Waals surface area contributed by atoms with Crippen molar-refractivity contribution in [1.29, 1.82) is 0 Å². The predicted octanol–water partition coefficient (Wildman–Crippen LogP) is 3.92. The van der Waals surface area contributed by atoms with E-state index in [4.69, 9.17) is 5.73 Å². The Kier molecular flexibility index (Phi) is 3.85. The Balaban J connectivity index is 2.25. The minimum absolute atomic E-state index is 0.0941. The molecule has 0 aliphatic heterocycles. The third kappa shape index (κ3) is 3.34. The maximum Gasteiger partial charge on any atom is 0.387 e. The normalized spacial score (nSPS) is 10.5. The van der Waals surface area contributed by atoms with Gasteiger partial charge in [0.25, 0.3) is 0 Å². The van der Waals surface area contributed by atoms with Gasteiger partial charge in [-0.15, -0.1) is 0 Å². The van der Waals surface area contributed by atoms with Crippen molar-refractivity contribution in [2.24, 2.45) is 0 Å². The lowest BCUT2D eigenvalue weighted by Gasteiger charge is -2.13. The zero-order chi connectivity index (χ0) is 13.8. The number of rotatable bonds is 4. The summed E-state index contributed by atoms with van der Waals surface area (Å²) in [6.45, 7) is -0.960. The van der Waals surface area contributed by atoms with E-state index in [0.29, 0.717) is 17.1 Å². The number of nitrogens with two attached hydrogens (primary N) is 1. The molecule has 0 amide bonds. The van der Waals surface area contributed by atoms with Crippen molar-refractivity contribution in [1.82, 2.24) is 0 Å². The molecule has 0 aliphatic carbocycles. The van der Waals surface area contributed by atoms with Crippen molar-refractivity contribution in [3.63, 3.8) is 0 Å². The maximum absolute atomic E-state index is 12.3. The van der Waals surface area contributed by atoms with Gasteiger partial charge >= 0.3 is 6.61 Å². The molecular formula is C14H14F2N2O. The first kappa shape index (κ1) is 13.1. The highest BCUT2D eigenvalue weighted by atomic mass is 19.3. The number of alkyl halides is 2. The molecule has 2 rings (SSSR count). The predicted molar refractivity (Wildman–Crippen MR) is 71.9 cm³/mol. The standard InChI is InChI=1S/C14H14F2N2O/c1-9-6-7-10(8-11(9)17)18-12-4-2-3-5-13(12)19-14(15)16/h2-8,14,18H,17H2,1H3. The van der Waals surface area contributed by atoms with E-state index >= 15 is 0 Å². The lowest BCUT2D eigenvalue weighted by Crippen LogP contribution is -2.04. The van der Waals surface area contributed by atoms with E-state index in [2.05, 4.69) is 10.1 Å². The third-order valence-corrected chi connectivity index (χ3v) is 2.66. The topological polar surface area (TPSA) is 47.3 Å². The molecule has 0 heterocycles. The van der Waals surface area contributed by atoms with Crippen molar-refractivity contribution in [3.05, 3.63) is 48.0 Å². The molecule has 0 saturated heterocycles. The number of aryl methyl sites for hydroxylation is 1. The molecule has 0 aliphatic rings. The van der Waals surface area contributed by atoms with E-state index in [1.54, 1.807) is 24.3 Å². The van der Waals surface area contributed by atoms with Crippen LogP contribution < -0.4 is 15.8 Å². The van der Waals surface area contributed by atoms with Crippen LogP contribution in [0.15, 0.2) is 42.5 Å². The molecule has 2 aromatic carbocycles. The SMILES string of the molecule is Cc1ccc(Nc2ccccc2OC(F)F)cc1N. The fourth-order valence-electron chi connectivity index (χ4n) is 1.64. The van der Waals surface area contributed by atoms with E-state index in [1.165, 1.54) is 6.07 Å². The van der Waals surface area contributed by atoms with Crippen LogP contribution in [0.5, 0.6) is 5.75 Å². The van der Waals surface area contributed by atoms with Crippen LogP contribution in [-0.2, 0) is 0 Å². The molecule has 0 atom stereocenters. The van der Waals surface area contributed by atoms with Crippen LogP contribution in [0.25, 0.3) is 0 Å². The molecule has 0 bridgehead atoms. The van der Waals surface area contributed by atoms with E-state index in [0.717, 1.165) is 5.56 Å². The zero-order valence-electron chi connectivity index (χ0n) is 10.4. The molecule has 3 nitrogen and oxygen atoms in total. The van der Waals surface area contributed by atoms with Gasteiger partial charge in [-0.05, 0) is 36.8 Å². The Morgan fingerprint density at radius 2 is 1.89 bits per heavy atom. The average Bonchev–Trinajstić information content (AvgIpc) is 2.36. The van der Waals surface area contributed by atoms with Crippen LogP contribution in [0.3, 0.4) is 0 Å². The van der Waals surface area contributed by atoms with Crippen LogP contribution in [0.1, 0.15) is 5.56 Å². The third-order valence-electron chi connectivity index (χ3n) is 2.66. The second-order valence-electron chi connectivity index (χ2n) is 4.07. The van der Waals surface area contributed by atoms with Gasteiger partial charge in [0, 0.05) is 11.4 Å². The number of benzene rings is 2. The van der Waals surface area contributed by atoms with Gasteiger partial charge in [0.2, 0.25) is 0 Å². The first-order valence-electron chi connectivity index (χ1n) is 5.73. The molecule has 0 radical (unpaired) electrons. The fourth-order valence-corrected chi connectivity index (χ4v) is 1.64. The van der Waals surface area contributed by atoms with Gasteiger partial charge in [0.1, 0.15) is 5.75 Å². The van der Waals surface area contributed by atoms with E-state index in [-0.39, 0.29) is 5.75 Å². The summed E-state index contributed by atoms with van der Waals surface area (Å²) in [5, 5.41) is 3.01. The van der Waals surface area contributed by atoms with Gasteiger partial charge in [-0.3, -0.25) is 0 Å².